The molecule has 0 aromatic heterocycles. The highest BCUT2D eigenvalue weighted by Crippen LogP contribution is 2.32. The number of hydrogen-bond donors (Lipinski definition) is 1. The lowest BCUT2D eigenvalue weighted by molar-refractivity contribution is -0.322. The van der Waals surface area contributed by atoms with Crippen molar-refractivity contribution in [1.82, 2.24) is 0 Å². The van der Waals surface area contributed by atoms with Crippen LogP contribution in [0, 0.1) is 5.92 Å². The van der Waals surface area contributed by atoms with Gasteiger partial charge in [0.2, 0.25) is 0 Å². The largest absolute Gasteiger partial charge is 0.416 e. The molecule has 2 N–H and O–H groups in total. The normalized spacial score (nSPS) is 28.4. The van der Waals surface area contributed by atoms with Crippen molar-refractivity contribution in [3.8, 4) is 0 Å². The highest BCUT2D eigenvalue weighted by Gasteiger charge is 2.45. The molecule has 0 aromatic carbocycles. The van der Waals surface area contributed by atoms with Gasteiger partial charge >= 0.3 is 12.5 Å². The molecule has 0 amide bonds. The summed E-state index contributed by atoms with van der Waals surface area (Å²) < 4.78 is 52.9. The molecule has 90 valence electrons. The minimum atomic E-state index is -4.33. The van der Waals surface area contributed by atoms with E-state index in [0.29, 0.717) is 25.8 Å². The fourth-order valence-electron chi connectivity index (χ4n) is 1.84. The maximum atomic E-state index is 12.6. The van der Waals surface area contributed by atoms with Crippen LogP contribution in [-0.2, 0) is 4.74 Å². The zero-order valence-electron chi connectivity index (χ0n) is 8.27. The molecule has 6 heteroatoms. The standard InChI is InChI=1S/C9H15F4NO/c10-8(11)9(12,13)15-7-3-1-2-6(4-7)5-14/h6-8H,1-5,14H2. The van der Waals surface area contributed by atoms with Gasteiger partial charge in [0.15, 0.2) is 0 Å². The number of ether oxygens (including phenoxy) is 1. The van der Waals surface area contributed by atoms with E-state index in [9.17, 15) is 17.6 Å². The zero-order valence-corrected chi connectivity index (χ0v) is 8.27. The second kappa shape index (κ2) is 5.12. The average Bonchev–Trinajstić information content (AvgIpc) is 2.17. The molecule has 2 unspecified atom stereocenters. The third-order valence-corrected chi connectivity index (χ3v) is 2.65. The maximum Gasteiger partial charge on any atom is 0.416 e. The minimum absolute atomic E-state index is 0.109. The zero-order chi connectivity index (χ0) is 11.5. The molecule has 1 aliphatic carbocycles. The molecule has 0 saturated heterocycles. The second-order valence-electron chi connectivity index (χ2n) is 3.87. The van der Waals surface area contributed by atoms with E-state index in [1.54, 1.807) is 0 Å². The van der Waals surface area contributed by atoms with Gasteiger partial charge in [0.05, 0.1) is 6.10 Å². The van der Waals surface area contributed by atoms with Crippen LogP contribution in [0.25, 0.3) is 0 Å². The SMILES string of the molecule is NCC1CCCC(OC(F)(F)C(F)F)C1. The van der Waals surface area contributed by atoms with Crippen molar-refractivity contribution < 1.29 is 22.3 Å². The Hall–Kier alpha value is -0.360. The Labute approximate surface area is 85.8 Å². The van der Waals surface area contributed by atoms with Gasteiger partial charge in [-0.3, -0.25) is 0 Å². The molecule has 1 rings (SSSR count). The predicted molar refractivity (Wildman–Crippen MR) is 46.8 cm³/mol. The summed E-state index contributed by atoms with van der Waals surface area (Å²) in [5, 5.41) is 0. The first-order chi connectivity index (χ1) is 6.95. The number of halogens is 4. The average molecular weight is 229 g/mol. The first kappa shape index (κ1) is 12.7. The Morgan fingerprint density at radius 2 is 2.00 bits per heavy atom. The van der Waals surface area contributed by atoms with Crippen molar-refractivity contribution in [2.45, 2.75) is 44.3 Å². The molecule has 1 aliphatic rings. The van der Waals surface area contributed by atoms with Crippen molar-refractivity contribution in [1.29, 1.82) is 0 Å². The van der Waals surface area contributed by atoms with Gasteiger partial charge in [0.25, 0.3) is 0 Å². The van der Waals surface area contributed by atoms with E-state index in [1.165, 1.54) is 0 Å². The smallest absolute Gasteiger partial charge is 0.330 e. The van der Waals surface area contributed by atoms with Crippen LogP contribution in [-0.4, -0.2) is 25.2 Å². The lowest BCUT2D eigenvalue weighted by Crippen LogP contribution is -2.38. The number of nitrogens with two attached hydrogens (primary N) is 1. The Morgan fingerprint density at radius 3 is 2.53 bits per heavy atom. The molecule has 0 radical (unpaired) electrons. The quantitative estimate of drug-likeness (QED) is 0.751. The van der Waals surface area contributed by atoms with Gasteiger partial charge in [-0.25, -0.2) is 8.78 Å². The topological polar surface area (TPSA) is 35.2 Å². The fourth-order valence-corrected chi connectivity index (χ4v) is 1.84. The monoisotopic (exact) mass is 229 g/mol. The van der Waals surface area contributed by atoms with Crippen LogP contribution in [0.4, 0.5) is 17.6 Å². The Bertz CT molecular complexity index is 201. The molecule has 2 atom stereocenters. The van der Waals surface area contributed by atoms with Gasteiger partial charge < -0.3 is 10.5 Å². The summed E-state index contributed by atoms with van der Waals surface area (Å²) in [6, 6.07) is 0. The van der Waals surface area contributed by atoms with Crippen LogP contribution in [0.5, 0.6) is 0 Å². The molecule has 0 aliphatic heterocycles. The molecular formula is C9H15F4NO. The molecule has 1 fully saturated rings. The van der Waals surface area contributed by atoms with Crippen LogP contribution in [0.3, 0.4) is 0 Å². The summed E-state index contributed by atoms with van der Waals surface area (Å²) in [6.07, 6.45) is -6.59. The molecule has 1 saturated carbocycles. The first-order valence-corrected chi connectivity index (χ1v) is 4.99. The van der Waals surface area contributed by atoms with E-state index in [1.807, 2.05) is 0 Å². The van der Waals surface area contributed by atoms with Crippen LogP contribution in [0.2, 0.25) is 0 Å². The summed E-state index contributed by atoms with van der Waals surface area (Å²) >= 11 is 0. The van der Waals surface area contributed by atoms with E-state index in [-0.39, 0.29) is 5.92 Å². The van der Waals surface area contributed by atoms with Gasteiger partial charge in [-0.2, -0.15) is 8.78 Å². The number of hydrogen-bond acceptors (Lipinski definition) is 2. The second-order valence-corrected chi connectivity index (χ2v) is 3.87. The molecule has 2 nitrogen and oxygen atoms in total. The van der Waals surface area contributed by atoms with Crippen LogP contribution in [0.15, 0.2) is 0 Å². The highest BCUT2D eigenvalue weighted by molar-refractivity contribution is 4.75. The highest BCUT2D eigenvalue weighted by atomic mass is 19.3. The van der Waals surface area contributed by atoms with Crippen molar-refractivity contribution in [3.05, 3.63) is 0 Å². The van der Waals surface area contributed by atoms with E-state index in [4.69, 9.17) is 5.73 Å². The van der Waals surface area contributed by atoms with E-state index in [2.05, 4.69) is 4.74 Å². The number of alkyl halides is 4. The van der Waals surface area contributed by atoms with Crippen molar-refractivity contribution in [2.24, 2.45) is 11.7 Å². The van der Waals surface area contributed by atoms with E-state index >= 15 is 0 Å². The molecule has 15 heavy (non-hydrogen) atoms. The van der Waals surface area contributed by atoms with E-state index in [0.717, 1.165) is 6.42 Å². The van der Waals surface area contributed by atoms with Crippen LogP contribution < -0.4 is 5.73 Å². The minimum Gasteiger partial charge on any atom is -0.330 e. The summed E-state index contributed by atoms with van der Waals surface area (Å²) in [5.41, 5.74) is 5.40. The molecule has 0 heterocycles. The molecule has 0 spiro atoms. The van der Waals surface area contributed by atoms with Gasteiger partial charge in [-0.05, 0) is 31.7 Å². The maximum absolute atomic E-state index is 12.6. The first-order valence-electron chi connectivity index (χ1n) is 4.99. The van der Waals surface area contributed by atoms with Crippen molar-refractivity contribution >= 4 is 0 Å². The summed E-state index contributed by atoms with van der Waals surface area (Å²) in [4.78, 5) is 0. The third kappa shape index (κ3) is 3.61. The van der Waals surface area contributed by atoms with Gasteiger partial charge in [-0.15, -0.1) is 0 Å². The van der Waals surface area contributed by atoms with Crippen molar-refractivity contribution in [2.75, 3.05) is 6.54 Å². The lowest BCUT2D eigenvalue weighted by atomic mass is 9.87. The van der Waals surface area contributed by atoms with Gasteiger partial charge in [-0.1, -0.05) is 6.42 Å². The van der Waals surface area contributed by atoms with Crippen LogP contribution in [0.1, 0.15) is 25.7 Å². The molecular weight excluding hydrogens is 214 g/mol. The van der Waals surface area contributed by atoms with Gasteiger partial charge in [0, 0.05) is 0 Å². The lowest BCUT2D eigenvalue weighted by Gasteiger charge is -2.30. The van der Waals surface area contributed by atoms with Crippen molar-refractivity contribution in [3.63, 3.8) is 0 Å². The summed E-state index contributed by atoms with van der Waals surface area (Å²) in [5.74, 6) is 0.109. The summed E-state index contributed by atoms with van der Waals surface area (Å²) in [7, 11) is 0. The van der Waals surface area contributed by atoms with E-state index < -0.39 is 18.6 Å². The Balaban J connectivity index is 2.44. The fraction of sp³-hybridized carbons (Fsp3) is 1.00. The third-order valence-electron chi connectivity index (χ3n) is 2.65. The summed E-state index contributed by atoms with van der Waals surface area (Å²) in [6.45, 7) is 0.389. The predicted octanol–water partition coefficient (Wildman–Crippen LogP) is 2.38. The van der Waals surface area contributed by atoms with Crippen LogP contribution >= 0.6 is 0 Å². The number of rotatable bonds is 4. The van der Waals surface area contributed by atoms with Gasteiger partial charge in [0.1, 0.15) is 0 Å². The molecule has 0 bridgehead atoms. The molecule has 0 aromatic rings. The Kier molecular flexibility index (Phi) is 4.33. The Morgan fingerprint density at radius 1 is 1.33 bits per heavy atom.